The van der Waals surface area contributed by atoms with E-state index in [0.29, 0.717) is 60.2 Å². The van der Waals surface area contributed by atoms with Crippen molar-refractivity contribution in [3.8, 4) is 22.5 Å². The summed E-state index contributed by atoms with van der Waals surface area (Å²) >= 11 is 13.7. The summed E-state index contributed by atoms with van der Waals surface area (Å²) in [5, 5.41) is 15.9. The summed E-state index contributed by atoms with van der Waals surface area (Å²) in [6, 6.07) is 32.9. The van der Waals surface area contributed by atoms with Crippen LogP contribution in [0.4, 0.5) is 0 Å². The van der Waals surface area contributed by atoms with Gasteiger partial charge in [-0.25, -0.2) is 0 Å². The Hall–Kier alpha value is -6.63. The second-order valence-corrected chi connectivity index (χ2v) is 16.4. The highest BCUT2D eigenvalue weighted by Gasteiger charge is 2.41. The lowest BCUT2D eigenvalue weighted by molar-refractivity contribution is -0.123. The number of H-pyrrole nitrogens is 2. The highest BCUT2D eigenvalue weighted by Crippen LogP contribution is 2.45. The molecule has 2 aliphatic heterocycles. The summed E-state index contributed by atoms with van der Waals surface area (Å²) in [7, 11) is 0. The van der Waals surface area contributed by atoms with Crippen LogP contribution in [0.15, 0.2) is 122 Å². The molecule has 0 radical (unpaired) electrons. The van der Waals surface area contributed by atoms with Crippen LogP contribution in [0.2, 0.25) is 10.0 Å². The van der Waals surface area contributed by atoms with Crippen LogP contribution in [0, 0.1) is 0 Å². The fourth-order valence-corrected chi connectivity index (χ4v) is 9.23. The second-order valence-electron chi connectivity index (χ2n) is 15.6. The third-order valence-corrected chi connectivity index (χ3v) is 12.6. The van der Waals surface area contributed by atoms with Crippen LogP contribution < -0.4 is 21.3 Å². The lowest BCUT2D eigenvalue weighted by Gasteiger charge is -2.21. The molecule has 6 N–H and O–H groups in total. The molecule has 10 rings (SSSR count). The maximum absolute atomic E-state index is 15.0. The minimum absolute atomic E-state index is 0.0592. The fraction of sp³-hybridized carbons (Fsp3) is 0.163. The van der Waals surface area contributed by atoms with Crippen molar-refractivity contribution in [1.29, 1.82) is 0 Å². The molecule has 8 aromatic rings. The van der Waals surface area contributed by atoms with Crippen LogP contribution in [-0.2, 0) is 30.7 Å². The Balaban J connectivity index is 0.909. The summed E-state index contributed by atoms with van der Waals surface area (Å²) in [4.78, 5) is 57.0. The number of benzene rings is 4. The number of aromatic amines is 2. The molecule has 11 nitrogen and oxygen atoms in total. The van der Waals surface area contributed by atoms with Crippen molar-refractivity contribution in [3.05, 3.63) is 176 Å². The molecule has 2 aliphatic rings. The lowest BCUT2D eigenvalue weighted by Crippen LogP contribution is -2.32. The summed E-state index contributed by atoms with van der Waals surface area (Å²) < 4.78 is 0. The van der Waals surface area contributed by atoms with Gasteiger partial charge in [0, 0.05) is 128 Å². The normalized spacial score (nSPS) is 15.5. The van der Waals surface area contributed by atoms with E-state index in [-0.39, 0.29) is 17.6 Å². The Morgan fingerprint density at radius 3 is 1.48 bits per heavy atom. The minimum atomic E-state index is -0.678. The van der Waals surface area contributed by atoms with E-state index in [9.17, 15) is 14.4 Å². The van der Waals surface area contributed by atoms with Crippen molar-refractivity contribution >= 4 is 62.6 Å². The first-order chi connectivity index (χ1) is 30.3. The smallest absolute Gasteiger partial charge is 0.251 e. The molecule has 2 unspecified atom stereocenters. The molecule has 0 aliphatic carbocycles. The SMILES string of the molecule is O=C(NCCc1ccccn1)c1ccc2[nH]c(-c3ccc(Cl)c4c3C(C(=O)C3NCc5c(Cl)ccc(-c6cc7cc(C(=O)NCCc8ccccn8)ccc7[nH]6)c53)NC4)cc2c1. The highest BCUT2D eigenvalue weighted by atomic mass is 35.5. The number of carbonyl (C=O) groups is 3. The zero-order chi connectivity index (χ0) is 42.3. The third kappa shape index (κ3) is 7.54. The maximum Gasteiger partial charge on any atom is 0.251 e. The first-order valence-electron chi connectivity index (χ1n) is 20.5. The summed E-state index contributed by atoms with van der Waals surface area (Å²) in [6.07, 6.45) is 4.76. The first-order valence-corrected chi connectivity index (χ1v) is 21.3. The molecule has 0 bridgehead atoms. The molecular weight excluding hydrogens is 819 g/mol. The van der Waals surface area contributed by atoms with Gasteiger partial charge in [0.05, 0.1) is 12.1 Å². The number of Topliss-reactive ketones (excluding diaryl/α,β-unsaturated/α-hetero) is 1. The van der Waals surface area contributed by atoms with Gasteiger partial charge in [0.1, 0.15) is 0 Å². The number of carbonyl (C=O) groups excluding carboxylic acids is 3. The van der Waals surface area contributed by atoms with Gasteiger partial charge in [0.25, 0.3) is 11.8 Å². The molecule has 0 fully saturated rings. The number of hydrogen-bond donors (Lipinski definition) is 6. The van der Waals surface area contributed by atoms with Crippen molar-refractivity contribution in [2.24, 2.45) is 0 Å². The monoisotopic (exact) mass is 858 g/mol. The third-order valence-electron chi connectivity index (χ3n) is 11.8. The molecule has 4 aromatic carbocycles. The van der Waals surface area contributed by atoms with Gasteiger partial charge >= 0.3 is 0 Å². The van der Waals surface area contributed by atoms with Gasteiger partial charge in [-0.1, -0.05) is 47.5 Å². The number of aromatic nitrogens is 4. The average molecular weight is 860 g/mol. The summed E-state index contributed by atoms with van der Waals surface area (Å²) in [5.41, 5.74) is 11.3. The van der Waals surface area contributed by atoms with Gasteiger partial charge < -0.3 is 20.6 Å². The molecule has 4 aromatic heterocycles. The van der Waals surface area contributed by atoms with Crippen molar-refractivity contribution in [2.45, 2.75) is 38.0 Å². The predicted molar refractivity (Wildman–Crippen MR) is 242 cm³/mol. The number of rotatable bonds is 12. The Bertz CT molecular complexity index is 2840. The number of pyridine rings is 2. The number of fused-ring (bicyclic) bond motifs is 4. The molecule has 0 saturated carbocycles. The van der Waals surface area contributed by atoms with Crippen molar-refractivity contribution in [2.75, 3.05) is 13.1 Å². The van der Waals surface area contributed by atoms with E-state index < -0.39 is 12.1 Å². The van der Waals surface area contributed by atoms with Crippen LogP contribution in [0.25, 0.3) is 44.3 Å². The van der Waals surface area contributed by atoms with E-state index in [1.807, 2.05) is 97.1 Å². The first kappa shape index (κ1) is 39.5. The maximum atomic E-state index is 15.0. The van der Waals surface area contributed by atoms with Crippen molar-refractivity contribution < 1.29 is 14.4 Å². The Kier molecular flexibility index (Phi) is 10.6. The predicted octanol–water partition coefficient (Wildman–Crippen LogP) is 8.58. The Morgan fingerprint density at radius 2 is 1.05 bits per heavy atom. The van der Waals surface area contributed by atoms with Gasteiger partial charge in [0.2, 0.25) is 0 Å². The zero-order valence-electron chi connectivity index (χ0n) is 33.3. The fourth-order valence-electron chi connectivity index (χ4n) is 8.77. The van der Waals surface area contributed by atoms with Crippen LogP contribution >= 0.6 is 23.2 Å². The number of nitrogens with zero attached hydrogens (tertiary/aromatic N) is 2. The van der Waals surface area contributed by atoms with Crippen LogP contribution in [0.5, 0.6) is 0 Å². The van der Waals surface area contributed by atoms with Crippen LogP contribution in [0.1, 0.15) is 66.4 Å². The Morgan fingerprint density at radius 1 is 0.581 bits per heavy atom. The van der Waals surface area contributed by atoms with E-state index >= 15 is 0 Å². The second kappa shape index (κ2) is 16.7. The van der Waals surface area contributed by atoms with Crippen molar-refractivity contribution in [1.82, 2.24) is 41.2 Å². The van der Waals surface area contributed by atoms with E-state index in [2.05, 4.69) is 41.2 Å². The van der Waals surface area contributed by atoms with Gasteiger partial charge in [-0.05, 0) is 107 Å². The molecule has 2 atom stereocenters. The average Bonchev–Trinajstić information content (AvgIpc) is 4.12. The van der Waals surface area contributed by atoms with Crippen LogP contribution in [-0.4, -0.2) is 50.6 Å². The summed E-state index contributed by atoms with van der Waals surface area (Å²) in [6.45, 7) is 1.78. The lowest BCUT2D eigenvalue weighted by atomic mass is 9.87. The Labute approximate surface area is 366 Å². The van der Waals surface area contributed by atoms with Gasteiger partial charge in [-0.15, -0.1) is 0 Å². The number of hydrogen-bond acceptors (Lipinski definition) is 7. The number of ketones is 1. The van der Waals surface area contributed by atoms with E-state index in [0.717, 1.165) is 78.0 Å². The van der Waals surface area contributed by atoms with Gasteiger partial charge in [-0.2, -0.15) is 0 Å². The highest BCUT2D eigenvalue weighted by molar-refractivity contribution is 6.32. The number of halogens is 2. The van der Waals surface area contributed by atoms with E-state index in [1.165, 1.54) is 0 Å². The number of nitrogens with one attached hydrogen (secondary N) is 6. The van der Waals surface area contributed by atoms with Gasteiger partial charge in [0.15, 0.2) is 5.78 Å². The molecule has 0 saturated heterocycles. The molecule has 62 heavy (non-hydrogen) atoms. The quantitative estimate of drug-likeness (QED) is 0.0719. The number of amides is 2. The zero-order valence-corrected chi connectivity index (χ0v) is 34.8. The van der Waals surface area contributed by atoms with Crippen molar-refractivity contribution in [3.63, 3.8) is 0 Å². The standard InChI is InChI=1S/C49H40Cl2N8O3/c50-37-11-9-33(41-23-29-21-27(7-13-39(29)58-41)48(61)54-19-15-31-5-1-3-17-52-31)43-35(37)25-56-45(43)47(60)46-44-34(10-12-38(51)36(44)26-57-46)42-24-30-22-28(8-14-40(30)59-42)49(62)55-20-16-32-6-2-4-18-53-32/h1-14,17-18,21-24,45-46,56-59H,15-16,19-20,25-26H2,(H,54,61)(H,55,62). The van der Waals surface area contributed by atoms with E-state index in [4.69, 9.17) is 23.2 Å². The molecule has 13 heteroatoms. The topological polar surface area (TPSA) is 157 Å². The summed E-state index contributed by atoms with van der Waals surface area (Å²) in [5.74, 6) is -0.384. The molecule has 0 spiro atoms. The largest absolute Gasteiger partial charge is 0.355 e. The molecule has 308 valence electrons. The van der Waals surface area contributed by atoms with Crippen LogP contribution in [0.3, 0.4) is 0 Å². The molecular formula is C49H40Cl2N8O3. The van der Waals surface area contributed by atoms with Gasteiger partial charge in [-0.3, -0.25) is 35.0 Å². The minimum Gasteiger partial charge on any atom is -0.355 e. The molecule has 6 heterocycles. The molecule has 2 amide bonds. The van der Waals surface area contributed by atoms with E-state index in [1.54, 1.807) is 24.5 Å².